The number of alkyl halides is 4. The van der Waals surface area contributed by atoms with E-state index in [-0.39, 0.29) is 11.5 Å². The molecule has 0 spiro atoms. The highest BCUT2D eigenvalue weighted by Gasteiger charge is 2.28. The molecule has 0 saturated heterocycles. The van der Waals surface area contributed by atoms with Crippen LogP contribution in [0.3, 0.4) is 0 Å². The molecule has 1 amide bonds. The van der Waals surface area contributed by atoms with Crippen LogP contribution in [0.5, 0.6) is 0 Å². The van der Waals surface area contributed by atoms with Gasteiger partial charge in [0.15, 0.2) is 5.76 Å². The topological polar surface area (TPSA) is 77.9 Å². The lowest BCUT2D eigenvalue weighted by Crippen LogP contribution is -2.10. The third-order valence-electron chi connectivity index (χ3n) is 4.88. The Hall–Kier alpha value is -3.60. The number of hydrogen-bond donors (Lipinski definition) is 1. The minimum atomic E-state index is -3.12. The molecule has 3 heterocycles. The fraction of sp³-hybridized carbons (Fsp3) is 0.227. The number of carbonyl (C=O) groups excluding carboxylic acids is 1. The molecule has 1 N–H and O–H groups in total. The monoisotopic (exact) mass is 495 g/mol. The molecule has 0 radical (unpaired) electrons. The Labute approximate surface area is 195 Å². The first-order valence-corrected chi connectivity index (χ1v) is 10.4. The smallest absolute Gasteiger partial charge is 0.291 e. The van der Waals surface area contributed by atoms with Gasteiger partial charge in [0, 0.05) is 6.20 Å². The van der Waals surface area contributed by atoms with Gasteiger partial charge in [0.1, 0.15) is 17.1 Å². The van der Waals surface area contributed by atoms with Crippen LogP contribution in [0, 0.1) is 6.92 Å². The van der Waals surface area contributed by atoms with Crippen LogP contribution in [0.15, 0.2) is 53.2 Å². The minimum absolute atomic E-state index is 0.0576. The van der Waals surface area contributed by atoms with Crippen molar-refractivity contribution in [2.24, 2.45) is 0 Å². The maximum absolute atomic E-state index is 13.3. The third kappa shape index (κ3) is 5.14. The molecule has 0 bridgehead atoms. The molecule has 0 saturated carbocycles. The molecule has 0 unspecified atom stereocenters. The number of aromatic nitrogens is 4. The van der Waals surface area contributed by atoms with Gasteiger partial charge in [-0.3, -0.25) is 14.2 Å². The zero-order chi connectivity index (χ0) is 24.4. The Balaban J connectivity index is 1.43. The Morgan fingerprint density at radius 3 is 2.65 bits per heavy atom. The molecular weight excluding hydrogens is 478 g/mol. The standard InChI is InChI=1S/C22H18ClF4N5O2/c1-12-3-2-4-13(7-12)9-31-10-14(8-28-31)29-22(33)16-6-5-15(34-16)11-32-19(21(26)27)17(23)18(30-32)20(24)25/h2-8,10,20-21H,9,11H2,1H3,(H,29,33). The molecule has 0 atom stereocenters. The summed E-state index contributed by atoms with van der Waals surface area (Å²) in [6.45, 7) is 2.10. The molecule has 0 aliphatic carbocycles. The van der Waals surface area contributed by atoms with E-state index in [0.717, 1.165) is 11.1 Å². The summed E-state index contributed by atoms with van der Waals surface area (Å²) in [5.41, 5.74) is 0.810. The molecule has 12 heteroatoms. The Morgan fingerprint density at radius 1 is 1.15 bits per heavy atom. The van der Waals surface area contributed by atoms with Crippen LogP contribution in [-0.4, -0.2) is 25.5 Å². The molecule has 4 aromatic rings. The van der Waals surface area contributed by atoms with Crippen molar-refractivity contribution < 1.29 is 26.8 Å². The summed E-state index contributed by atoms with van der Waals surface area (Å²) < 4.78 is 60.3. The second kappa shape index (κ2) is 9.72. The van der Waals surface area contributed by atoms with Gasteiger partial charge in [-0.15, -0.1) is 0 Å². The number of aryl methyl sites for hydroxylation is 1. The molecule has 4 rings (SSSR count). The van der Waals surface area contributed by atoms with Crippen molar-refractivity contribution in [3.63, 3.8) is 0 Å². The quantitative estimate of drug-likeness (QED) is 0.311. The number of anilines is 1. The fourth-order valence-electron chi connectivity index (χ4n) is 3.38. The van der Waals surface area contributed by atoms with Gasteiger partial charge in [-0.05, 0) is 24.6 Å². The minimum Gasteiger partial charge on any atom is -0.454 e. The zero-order valence-corrected chi connectivity index (χ0v) is 18.4. The van der Waals surface area contributed by atoms with Crippen molar-refractivity contribution >= 4 is 23.2 Å². The fourth-order valence-corrected chi connectivity index (χ4v) is 3.68. The first kappa shape index (κ1) is 23.6. The lowest BCUT2D eigenvalue weighted by molar-refractivity contribution is 0.0994. The predicted molar refractivity (Wildman–Crippen MR) is 115 cm³/mol. The summed E-state index contributed by atoms with van der Waals surface area (Å²) >= 11 is 5.65. The number of nitrogens with zero attached hydrogens (tertiary/aromatic N) is 4. The number of nitrogens with one attached hydrogen (secondary N) is 1. The molecule has 34 heavy (non-hydrogen) atoms. The second-order valence-electron chi connectivity index (χ2n) is 7.48. The van der Waals surface area contributed by atoms with E-state index in [1.807, 2.05) is 31.2 Å². The normalized spacial score (nSPS) is 11.5. The molecular formula is C22H18ClF4N5O2. The molecule has 0 aliphatic heterocycles. The van der Waals surface area contributed by atoms with Gasteiger partial charge in [-0.25, -0.2) is 17.6 Å². The highest BCUT2D eigenvalue weighted by molar-refractivity contribution is 6.32. The first-order valence-electron chi connectivity index (χ1n) is 10.0. The zero-order valence-electron chi connectivity index (χ0n) is 17.7. The van der Waals surface area contributed by atoms with E-state index in [2.05, 4.69) is 15.5 Å². The van der Waals surface area contributed by atoms with Crippen molar-refractivity contribution in [3.8, 4) is 0 Å². The van der Waals surface area contributed by atoms with Gasteiger partial charge in [0.25, 0.3) is 18.8 Å². The molecule has 0 fully saturated rings. The summed E-state index contributed by atoms with van der Waals surface area (Å²) in [6, 6.07) is 10.6. The second-order valence-corrected chi connectivity index (χ2v) is 7.86. The summed E-state index contributed by atoms with van der Waals surface area (Å²) in [4.78, 5) is 12.5. The van der Waals surface area contributed by atoms with Gasteiger partial charge in [0.2, 0.25) is 0 Å². The SMILES string of the molecule is Cc1cccc(Cn2cc(NC(=O)c3ccc(Cn4nc(C(F)F)c(Cl)c4C(F)F)o3)cn2)c1. The lowest BCUT2D eigenvalue weighted by Gasteiger charge is -2.05. The number of hydrogen-bond acceptors (Lipinski definition) is 4. The maximum Gasteiger partial charge on any atom is 0.291 e. The third-order valence-corrected chi connectivity index (χ3v) is 5.27. The van der Waals surface area contributed by atoms with Crippen molar-refractivity contribution in [2.75, 3.05) is 5.32 Å². The van der Waals surface area contributed by atoms with Crippen molar-refractivity contribution in [1.29, 1.82) is 0 Å². The van der Waals surface area contributed by atoms with Gasteiger partial charge in [-0.2, -0.15) is 10.2 Å². The molecule has 7 nitrogen and oxygen atoms in total. The number of carbonyl (C=O) groups is 1. The average molecular weight is 496 g/mol. The highest BCUT2D eigenvalue weighted by atomic mass is 35.5. The summed E-state index contributed by atoms with van der Waals surface area (Å²) in [5, 5.41) is 9.53. The van der Waals surface area contributed by atoms with Gasteiger partial charge >= 0.3 is 0 Å². The van der Waals surface area contributed by atoms with Gasteiger partial charge < -0.3 is 9.73 Å². The van der Waals surface area contributed by atoms with E-state index in [1.54, 1.807) is 10.9 Å². The van der Waals surface area contributed by atoms with E-state index in [9.17, 15) is 22.4 Å². The summed E-state index contributed by atoms with van der Waals surface area (Å²) in [5.74, 6) is -0.642. The molecule has 3 aromatic heterocycles. The number of rotatable bonds is 8. The number of halogens is 5. The Kier molecular flexibility index (Phi) is 6.73. The van der Waals surface area contributed by atoms with Crippen LogP contribution in [0.2, 0.25) is 5.02 Å². The Bertz CT molecular complexity index is 1310. The largest absolute Gasteiger partial charge is 0.454 e. The van der Waals surface area contributed by atoms with Gasteiger partial charge in [0.05, 0.1) is 30.0 Å². The number of amides is 1. The van der Waals surface area contributed by atoms with E-state index in [0.29, 0.717) is 16.9 Å². The van der Waals surface area contributed by atoms with Crippen LogP contribution >= 0.6 is 11.6 Å². The van der Waals surface area contributed by atoms with E-state index in [1.165, 1.54) is 18.3 Å². The number of benzene rings is 1. The first-order chi connectivity index (χ1) is 16.2. The summed E-state index contributed by atoms with van der Waals surface area (Å²) in [6.07, 6.45) is -3.11. The maximum atomic E-state index is 13.3. The van der Waals surface area contributed by atoms with E-state index >= 15 is 0 Å². The molecule has 1 aromatic carbocycles. The Morgan fingerprint density at radius 2 is 1.94 bits per heavy atom. The van der Waals surface area contributed by atoms with Crippen LogP contribution in [0.25, 0.3) is 0 Å². The molecule has 0 aliphatic rings. The van der Waals surface area contributed by atoms with Crippen molar-refractivity contribution in [2.45, 2.75) is 32.9 Å². The van der Waals surface area contributed by atoms with Crippen LogP contribution in [0.4, 0.5) is 23.2 Å². The lowest BCUT2D eigenvalue weighted by atomic mass is 10.1. The van der Waals surface area contributed by atoms with Crippen LogP contribution in [-0.2, 0) is 13.1 Å². The summed E-state index contributed by atoms with van der Waals surface area (Å²) in [7, 11) is 0. The van der Waals surface area contributed by atoms with E-state index < -0.39 is 41.7 Å². The van der Waals surface area contributed by atoms with Gasteiger partial charge in [-0.1, -0.05) is 41.4 Å². The van der Waals surface area contributed by atoms with E-state index in [4.69, 9.17) is 16.0 Å². The van der Waals surface area contributed by atoms with Crippen molar-refractivity contribution in [1.82, 2.24) is 19.6 Å². The molecule has 178 valence electrons. The van der Waals surface area contributed by atoms with Crippen molar-refractivity contribution in [3.05, 3.63) is 87.8 Å². The van der Waals surface area contributed by atoms with Crippen LogP contribution < -0.4 is 5.32 Å². The number of furan rings is 1. The highest BCUT2D eigenvalue weighted by Crippen LogP contribution is 2.35. The predicted octanol–water partition coefficient (Wildman–Crippen LogP) is 5.86. The van der Waals surface area contributed by atoms with Crippen LogP contribution in [0.1, 0.15) is 51.7 Å². The average Bonchev–Trinajstić information content (AvgIpc) is 3.48.